The summed E-state index contributed by atoms with van der Waals surface area (Å²) in [6.07, 6.45) is 5.46. The molecule has 6 heteroatoms. The summed E-state index contributed by atoms with van der Waals surface area (Å²) in [6, 6.07) is 11.0. The van der Waals surface area contributed by atoms with Gasteiger partial charge in [-0.25, -0.2) is 0 Å². The van der Waals surface area contributed by atoms with Gasteiger partial charge in [0.2, 0.25) is 0 Å². The molecule has 0 saturated carbocycles. The van der Waals surface area contributed by atoms with Crippen molar-refractivity contribution in [2.75, 3.05) is 13.1 Å². The fourth-order valence-electron chi connectivity index (χ4n) is 3.14. The van der Waals surface area contributed by atoms with E-state index in [9.17, 15) is 9.59 Å². The van der Waals surface area contributed by atoms with Crippen LogP contribution in [-0.4, -0.2) is 46.0 Å². The molecule has 0 bridgehead atoms. The van der Waals surface area contributed by atoms with Crippen LogP contribution in [-0.2, 0) is 0 Å². The molecule has 24 heavy (non-hydrogen) atoms. The number of rotatable bonds is 5. The molecule has 2 heterocycles. The lowest BCUT2D eigenvalue weighted by molar-refractivity contribution is 0.0595. The summed E-state index contributed by atoms with van der Waals surface area (Å²) in [7, 11) is 0. The van der Waals surface area contributed by atoms with Crippen LogP contribution in [0, 0.1) is 0 Å². The van der Waals surface area contributed by atoms with Crippen molar-refractivity contribution in [3.63, 3.8) is 0 Å². The number of nitrogens with zero attached hydrogens (tertiary/aromatic N) is 2. The Morgan fingerprint density at radius 1 is 1.21 bits per heavy atom. The minimum Gasteiger partial charge on any atom is -0.352 e. The number of aromatic amines is 1. The summed E-state index contributed by atoms with van der Waals surface area (Å²) >= 11 is 0. The topological polar surface area (TPSA) is 78.1 Å². The summed E-state index contributed by atoms with van der Waals surface area (Å²) < 4.78 is 0. The van der Waals surface area contributed by atoms with Crippen molar-refractivity contribution in [3.05, 3.63) is 53.9 Å². The maximum absolute atomic E-state index is 12.6. The third kappa shape index (κ3) is 3.82. The van der Waals surface area contributed by atoms with Crippen LogP contribution in [0.1, 0.15) is 46.5 Å². The van der Waals surface area contributed by atoms with Gasteiger partial charge >= 0.3 is 0 Å². The van der Waals surface area contributed by atoms with Crippen molar-refractivity contribution in [2.24, 2.45) is 0 Å². The fraction of sp³-hybridized carbons (Fsp3) is 0.389. The molecule has 2 amide bonds. The molecule has 1 saturated heterocycles. The first-order valence-electron chi connectivity index (χ1n) is 8.39. The van der Waals surface area contributed by atoms with Gasteiger partial charge in [0.25, 0.3) is 11.8 Å². The van der Waals surface area contributed by atoms with Crippen LogP contribution in [0.5, 0.6) is 0 Å². The van der Waals surface area contributed by atoms with Gasteiger partial charge in [0, 0.05) is 30.9 Å². The molecule has 0 spiro atoms. The van der Waals surface area contributed by atoms with E-state index in [1.807, 2.05) is 23.1 Å². The van der Waals surface area contributed by atoms with Crippen molar-refractivity contribution < 1.29 is 9.59 Å². The highest BCUT2D eigenvalue weighted by atomic mass is 16.2. The van der Waals surface area contributed by atoms with Crippen LogP contribution in [0.2, 0.25) is 0 Å². The fourth-order valence-corrected chi connectivity index (χ4v) is 3.14. The molecule has 1 unspecified atom stereocenters. The highest BCUT2D eigenvalue weighted by Gasteiger charge is 2.27. The predicted octanol–water partition coefficient (Wildman–Crippen LogP) is 2.22. The van der Waals surface area contributed by atoms with E-state index in [1.54, 1.807) is 24.4 Å². The number of benzene rings is 1. The molecule has 2 N–H and O–H groups in total. The van der Waals surface area contributed by atoms with Crippen LogP contribution in [0.25, 0.3) is 0 Å². The average Bonchev–Trinajstić information content (AvgIpc) is 3.17. The molecule has 1 fully saturated rings. The number of carbonyl (C=O) groups is 2. The Labute approximate surface area is 141 Å². The minimum atomic E-state index is -0.0714. The number of H-pyrrole nitrogens is 1. The van der Waals surface area contributed by atoms with Gasteiger partial charge in [-0.15, -0.1) is 0 Å². The second-order valence-corrected chi connectivity index (χ2v) is 6.03. The molecule has 6 nitrogen and oxygen atoms in total. The van der Waals surface area contributed by atoms with Gasteiger partial charge in [-0.1, -0.05) is 18.2 Å². The van der Waals surface area contributed by atoms with Crippen molar-refractivity contribution in [1.82, 2.24) is 20.4 Å². The molecule has 1 aliphatic rings. The normalized spacial score (nSPS) is 17.5. The van der Waals surface area contributed by atoms with Gasteiger partial charge in [0.05, 0.1) is 0 Å². The SMILES string of the molecule is O=C(NCCC1CCCCN1C(=O)c1ccn[nH]1)c1ccccc1. The van der Waals surface area contributed by atoms with Gasteiger partial charge < -0.3 is 10.2 Å². The summed E-state index contributed by atoms with van der Waals surface area (Å²) in [5.41, 5.74) is 1.18. The highest BCUT2D eigenvalue weighted by molar-refractivity contribution is 5.94. The van der Waals surface area contributed by atoms with Gasteiger partial charge in [0.15, 0.2) is 0 Å². The number of piperidine rings is 1. The van der Waals surface area contributed by atoms with Crippen molar-refractivity contribution in [1.29, 1.82) is 0 Å². The number of hydrogen-bond donors (Lipinski definition) is 2. The van der Waals surface area contributed by atoms with Crippen LogP contribution in [0.15, 0.2) is 42.6 Å². The van der Waals surface area contributed by atoms with Crippen LogP contribution < -0.4 is 5.32 Å². The summed E-state index contributed by atoms with van der Waals surface area (Å²) in [4.78, 5) is 26.5. The summed E-state index contributed by atoms with van der Waals surface area (Å²) in [6.45, 7) is 1.32. The van der Waals surface area contributed by atoms with Crippen LogP contribution >= 0.6 is 0 Å². The zero-order chi connectivity index (χ0) is 16.8. The molecule has 1 aromatic carbocycles. The molecule has 1 aromatic heterocycles. The van der Waals surface area contributed by atoms with E-state index >= 15 is 0 Å². The Morgan fingerprint density at radius 2 is 2.04 bits per heavy atom. The van der Waals surface area contributed by atoms with Crippen molar-refractivity contribution >= 4 is 11.8 Å². The van der Waals surface area contributed by atoms with Gasteiger partial charge in [-0.3, -0.25) is 14.7 Å². The Hall–Kier alpha value is -2.63. The Kier molecular flexibility index (Phi) is 5.25. The smallest absolute Gasteiger partial charge is 0.272 e. The Bertz CT molecular complexity index is 670. The van der Waals surface area contributed by atoms with E-state index in [4.69, 9.17) is 0 Å². The monoisotopic (exact) mass is 326 g/mol. The number of carbonyl (C=O) groups excluding carboxylic acids is 2. The van der Waals surface area contributed by atoms with Crippen LogP contribution in [0.3, 0.4) is 0 Å². The maximum Gasteiger partial charge on any atom is 0.272 e. The molecule has 0 radical (unpaired) electrons. The van der Waals surface area contributed by atoms with E-state index < -0.39 is 0 Å². The summed E-state index contributed by atoms with van der Waals surface area (Å²) in [5.74, 6) is -0.0792. The molecule has 1 aliphatic heterocycles. The highest BCUT2D eigenvalue weighted by Crippen LogP contribution is 2.21. The molecular formula is C18H22N4O2. The standard InChI is InChI=1S/C18H22N4O2/c23-17(14-6-2-1-3-7-14)19-11-9-15-8-4-5-13-22(15)18(24)16-10-12-20-21-16/h1-3,6-7,10,12,15H,4-5,8-9,11,13H2,(H,19,23)(H,20,21). The van der Waals surface area contributed by atoms with Crippen molar-refractivity contribution in [3.8, 4) is 0 Å². The zero-order valence-corrected chi connectivity index (χ0v) is 13.6. The lowest BCUT2D eigenvalue weighted by atomic mass is 9.98. The molecule has 1 atom stereocenters. The number of likely N-dealkylation sites (tertiary alicyclic amines) is 1. The first-order chi connectivity index (χ1) is 11.8. The van der Waals surface area contributed by atoms with Gasteiger partial charge in [0.1, 0.15) is 5.69 Å². The molecule has 0 aliphatic carbocycles. The second kappa shape index (κ2) is 7.77. The van der Waals surface area contributed by atoms with Crippen LogP contribution in [0.4, 0.5) is 0 Å². The third-order valence-corrected chi connectivity index (χ3v) is 4.42. The largest absolute Gasteiger partial charge is 0.352 e. The molecule has 126 valence electrons. The lowest BCUT2D eigenvalue weighted by Gasteiger charge is -2.35. The van der Waals surface area contributed by atoms with E-state index in [0.717, 1.165) is 32.2 Å². The number of amides is 2. The Balaban J connectivity index is 1.54. The maximum atomic E-state index is 12.6. The van der Waals surface area contributed by atoms with E-state index in [2.05, 4.69) is 15.5 Å². The second-order valence-electron chi connectivity index (χ2n) is 6.03. The van der Waals surface area contributed by atoms with Crippen molar-refractivity contribution in [2.45, 2.75) is 31.7 Å². The first-order valence-corrected chi connectivity index (χ1v) is 8.39. The number of nitrogens with one attached hydrogen (secondary N) is 2. The quantitative estimate of drug-likeness (QED) is 0.884. The van der Waals surface area contributed by atoms with E-state index in [1.165, 1.54) is 0 Å². The molecule has 2 aromatic rings. The number of hydrogen-bond acceptors (Lipinski definition) is 3. The molecule has 3 rings (SSSR count). The average molecular weight is 326 g/mol. The first kappa shape index (κ1) is 16.2. The van der Waals surface area contributed by atoms with E-state index in [0.29, 0.717) is 17.8 Å². The van der Waals surface area contributed by atoms with Gasteiger partial charge in [-0.2, -0.15) is 5.10 Å². The zero-order valence-electron chi connectivity index (χ0n) is 13.6. The van der Waals surface area contributed by atoms with Gasteiger partial charge in [-0.05, 0) is 43.9 Å². The van der Waals surface area contributed by atoms with E-state index in [-0.39, 0.29) is 17.9 Å². The lowest BCUT2D eigenvalue weighted by Crippen LogP contribution is -2.45. The third-order valence-electron chi connectivity index (χ3n) is 4.42. The number of aromatic nitrogens is 2. The molecular weight excluding hydrogens is 304 g/mol. The minimum absolute atomic E-state index is 0.00779. The predicted molar refractivity (Wildman–Crippen MR) is 90.7 cm³/mol. The Morgan fingerprint density at radius 3 is 2.79 bits per heavy atom. The summed E-state index contributed by atoms with van der Waals surface area (Å²) in [5, 5.41) is 9.54.